The average molecular weight is 522 g/mol. The van der Waals surface area contributed by atoms with Gasteiger partial charge in [-0.1, -0.05) is 54.1 Å². The van der Waals surface area contributed by atoms with E-state index in [0.717, 1.165) is 22.3 Å². The molecule has 4 aromatic rings. The molecule has 0 atom stereocenters. The molecule has 0 aliphatic carbocycles. The van der Waals surface area contributed by atoms with Gasteiger partial charge in [0.1, 0.15) is 18.2 Å². The van der Waals surface area contributed by atoms with Crippen LogP contribution >= 0.6 is 0 Å². The second-order valence-electron chi connectivity index (χ2n) is 8.71. The van der Waals surface area contributed by atoms with E-state index in [0.29, 0.717) is 25.1 Å². The van der Waals surface area contributed by atoms with E-state index in [1.54, 1.807) is 53.2 Å². The maximum absolute atomic E-state index is 13.0. The fourth-order valence-electron chi connectivity index (χ4n) is 3.68. The van der Waals surface area contributed by atoms with E-state index in [1.165, 1.54) is 18.2 Å². The highest BCUT2D eigenvalue weighted by Crippen LogP contribution is 2.15. The van der Waals surface area contributed by atoms with Crippen LogP contribution in [-0.4, -0.2) is 19.6 Å². The maximum Gasteiger partial charge on any atom is 0.296 e. The van der Waals surface area contributed by atoms with Crippen LogP contribution in [0.25, 0.3) is 0 Å². The Morgan fingerprint density at radius 2 is 1.43 bits per heavy atom. The summed E-state index contributed by atoms with van der Waals surface area (Å²) in [5.41, 5.74) is 3.64. The zero-order valence-electron chi connectivity index (χ0n) is 20.5. The molecule has 0 aliphatic heterocycles. The van der Waals surface area contributed by atoms with E-state index in [2.05, 4.69) is 0 Å². The van der Waals surface area contributed by atoms with E-state index in [9.17, 15) is 17.6 Å². The van der Waals surface area contributed by atoms with Crippen LogP contribution in [0.4, 0.5) is 4.39 Å². The van der Waals surface area contributed by atoms with Crippen molar-refractivity contribution in [1.29, 1.82) is 0 Å². The number of aromatic nitrogens is 1. The molecule has 6 nitrogen and oxygen atoms in total. The predicted molar refractivity (Wildman–Crippen MR) is 140 cm³/mol. The molecule has 0 saturated carbocycles. The van der Waals surface area contributed by atoms with E-state index in [-0.39, 0.29) is 29.5 Å². The molecule has 1 aromatic heterocycles. The van der Waals surface area contributed by atoms with Gasteiger partial charge in [0.15, 0.2) is 0 Å². The molecule has 0 amide bonds. The third-order valence-electron chi connectivity index (χ3n) is 5.89. The molecule has 192 valence electrons. The Bertz CT molecular complexity index is 1480. The molecule has 0 bridgehead atoms. The van der Waals surface area contributed by atoms with Gasteiger partial charge in [-0.2, -0.15) is 8.42 Å². The summed E-state index contributed by atoms with van der Waals surface area (Å²) < 4.78 is 50.0. The quantitative estimate of drug-likeness (QED) is 0.258. The summed E-state index contributed by atoms with van der Waals surface area (Å²) in [5, 5.41) is 0. The molecule has 0 saturated heterocycles. The van der Waals surface area contributed by atoms with Gasteiger partial charge in [-0.05, 0) is 66.8 Å². The van der Waals surface area contributed by atoms with E-state index >= 15 is 0 Å². The zero-order valence-corrected chi connectivity index (χ0v) is 21.3. The summed E-state index contributed by atoms with van der Waals surface area (Å²) in [6.45, 7) is 2.71. The van der Waals surface area contributed by atoms with Gasteiger partial charge in [0.2, 0.25) is 0 Å². The minimum Gasteiger partial charge on any atom is -0.489 e. The maximum atomic E-state index is 13.0. The first kappa shape index (κ1) is 26.3. The highest BCUT2D eigenvalue weighted by atomic mass is 32.2. The first-order valence-corrected chi connectivity index (χ1v) is 13.3. The minimum absolute atomic E-state index is 0.0561. The molecule has 0 radical (unpaired) electrons. The van der Waals surface area contributed by atoms with E-state index in [4.69, 9.17) is 8.92 Å². The molecular formula is C29H28FNO5S. The van der Waals surface area contributed by atoms with Crippen LogP contribution in [0.2, 0.25) is 0 Å². The molecule has 0 fully saturated rings. The van der Waals surface area contributed by atoms with Crippen molar-refractivity contribution < 1.29 is 21.7 Å². The van der Waals surface area contributed by atoms with Gasteiger partial charge in [0.25, 0.3) is 15.7 Å². The Balaban J connectivity index is 1.24. The average Bonchev–Trinajstić information content (AvgIpc) is 2.89. The fourth-order valence-corrected chi connectivity index (χ4v) is 4.58. The number of pyridine rings is 1. The molecule has 0 unspecified atom stereocenters. The van der Waals surface area contributed by atoms with Gasteiger partial charge in [-0.3, -0.25) is 8.98 Å². The first-order chi connectivity index (χ1) is 17.8. The third kappa shape index (κ3) is 7.62. The number of hydrogen-bond acceptors (Lipinski definition) is 5. The summed E-state index contributed by atoms with van der Waals surface area (Å²) in [5.74, 6) is 0.154. The van der Waals surface area contributed by atoms with Crippen molar-refractivity contribution >= 4 is 10.1 Å². The Kier molecular flexibility index (Phi) is 8.53. The second kappa shape index (κ2) is 12.0. The standard InChI is InChI=1S/C29H28FNO5S/c1-22-2-12-28(13-3-22)37(33,34)36-19-16-24-6-4-23(5-7-24)14-17-31-18-15-27(20-29(31)32)35-21-25-8-10-26(30)11-9-25/h2-13,15,18,20H,14,16-17,19,21H2,1H3. The summed E-state index contributed by atoms with van der Waals surface area (Å²) in [6.07, 6.45) is 2.82. The minimum atomic E-state index is -3.78. The third-order valence-corrected chi connectivity index (χ3v) is 7.22. The lowest BCUT2D eigenvalue weighted by molar-refractivity contribution is 0.304. The molecule has 0 N–H and O–H groups in total. The fraction of sp³-hybridized carbons (Fsp3) is 0.207. The Labute approximate surface area is 216 Å². The lowest BCUT2D eigenvalue weighted by Gasteiger charge is -2.10. The van der Waals surface area contributed by atoms with Crippen LogP contribution in [0.3, 0.4) is 0 Å². The Hall–Kier alpha value is -3.75. The number of benzene rings is 3. The molecule has 4 rings (SSSR count). The van der Waals surface area contributed by atoms with Crippen molar-refractivity contribution in [3.8, 4) is 5.75 Å². The normalized spacial score (nSPS) is 11.4. The first-order valence-electron chi connectivity index (χ1n) is 11.9. The summed E-state index contributed by atoms with van der Waals surface area (Å²) in [4.78, 5) is 12.6. The van der Waals surface area contributed by atoms with Gasteiger partial charge in [0, 0.05) is 18.8 Å². The Morgan fingerprint density at radius 3 is 2.08 bits per heavy atom. The van der Waals surface area contributed by atoms with Crippen molar-refractivity contribution in [3.05, 3.63) is 130 Å². The molecule has 0 aliphatic rings. The van der Waals surface area contributed by atoms with Crippen molar-refractivity contribution in [2.75, 3.05) is 6.61 Å². The number of hydrogen-bond donors (Lipinski definition) is 0. The smallest absolute Gasteiger partial charge is 0.296 e. The summed E-state index contributed by atoms with van der Waals surface area (Å²) in [7, 11) is -3.78. The largest absolute Gasteiger partial charge is 0.489 e. The van der Waals surface area contributed by atoms with Crippen LogP contribution in [0, 0.1) is 12.7 Å². The van der Waals surface area contributed by atoms with Crippen LogP contribution < -0.4 is 10.3 Å². The molecule has 37 heavy (non-hydrogen) atoms. The number of ether oxygens (including phenoxy) is 1. The van der Waals surface area contributed by atoms with Crippen molar-refractivity contribution in [2.45, 2.75) is 37.8 Å². The van der Waals surface area contributed by atoms with Crippen molar-refractivity contribution in [1.82, 2.24) is 4.57 Å². The van der Waals surface area contributed by atoms with Crippen LogP contribution in [0.15, 0.2) is 101 Å². The highest BCUT2D eigenvalue weighted by Gasteiger charge is 2.14. The molecule has 0 spiro atoms. The monoisotopic (exact) mass is 521 g/mol. The molecule has 3 aromatic carbocycles. The number of aryl methyl sites for hydroxylation is 3. The van der Waals surface area contributed by atoms with E-state index < -0.39 is 10.1 Å². The van der Waals surface area contributed by atoms with E-state index in [1.807, 2.05) is 31.2 Å². The summed E-state index contributed by atoms with van der Waals surface area (Å²) >= 11 is 0. The molecule has 8 heteroatoms. The van der Waals surface area contributed by atoms with Gasteiger partial charge in [-0.15, -0.1) is 0 Å². The van der Waals surface area contributed by atoms with Crippen molar-refractivity contribution in [3.63, 3.8) is 0 Å². The zero-order chi connectivity index (χ0) is 26.3. The molecular weight excluding hydrogens is 493 g/mol. The SMILES string of the molecule is Cc1ccc(S(=O)(=O)OCCc2ccc(CCn3ccc(OCc4ccc(F)cc4)cc3=O)cc2)cc1. The van der Waals surface area contributed by atoms with Crippen LogP contribution in [0.5, 0.6) is 5.75 Å². The Morgan fingerprint density at radius 1 is 0.811 bits per heavy atom. The second-order valence-corrected chi connectivity index (χ2v) is 10.3. The number of nitrogens with zero attached hydrogens (tertiary/aromatic N) is 1. The van der Waals surface area contributed by atoms with Gasteiger partial charge in [0.05, 0.1) is 11.5 Å². The number of rotatable bonds is 11. The highest BCUT2D eigenvalue weighted by molar-refractivity contribution is 7.86. The lowest BCUT2D eigenvalue weighted by Crippen LogP contribution is -2.19. The number of halogens is 1. The van der Waals surface area contributed by atoms with Gasteiger partial charge < -0.3 is 9.30 Å². The van der Waals surface area contributed by atoms with Gasteiger partial charge in [-0.25, -0.2) is 4.39 Å². The van der Waals surface area contributed by atoms with Crippen LogP contribution in [-0.2, 0) is 40.3 Å². The topological polar surface area (TPSA) is 74.6 Å². The molecule has 1 heterocycles. The van der Waals surface area contributed by atoms with Crippen molar-refractivity contribution in [2.24, 2.45) is 0 Å². The van der Waals surface area contributed by atoms with Crippen LogP contribution in [0.1, 0.15) is 22.3 Å². The summed E-state index contributed by atoms with van der Waals surface area (Å²) in [6, 6.07) is 23.6. The van der Waals surface area contributed by atoms with Gasteiger partial charge >= 0.3 is 0 Å². The lowest BCUT2D eigenvalue weighted by atomic mass is 10.1. The predicted octanol–water partition coefficient (Wildman–Crippen LogP) is 5.07.